The number of esters is 1. The summed E-state index contributed by atoms with van der Waals surface area (Å²) in [5.41, 5.74) is 0.653. The van der Waals surface area contributed by atoms with Crippen LogP contribution >= 0.6 is 15.9 Å². The second kappa shape index (κ2) is 7.62. The molecule has 1 N–H and O–H groups in total. The van der Waals surface area contributed by atoms with Crippen molar-refractivity contribution in [2.24, 2.45) is 0 Å². The fourth-order valence-corrected chi connectivity index (χ4v) is 2.54. The Morgan fingerprint density at radius 3 is 2.38 bits per heavy atom. The van der Waals surface area contributed by atoms with Crippen molar-refractivity contribution < 1.29 is 14.3 Å². The highest BCUT2D eigenvalue weighted by Crippen LogP contribution is 2.25. The lowest BCUT2D eigenvalue weighted by molar-refractivity contribution is -0.158. The quantitative estimate of drug-likeness (QED) is 0.775. The smallest absolute Gasteiger partial charge is 0.316 e. The molecule has 0 radical (unpaired) electrons. The van der Waals surface area contributed by atoms with Crippen molar-refractivity contribution in [3.8, 4) is 0 Å². The maximum Gasteiger partial charge on any atom is 0.316 e. The lowest BCUT2D eigenvalue weighted by atomic mass is 9.85. The van der Waals surface area contributed by atoms with Gasteiger partial charge in [-0.25, -0.2) is 0 Å². The fraction of sp³-hybridized carbons (Fsp3) is 0.263. The second-order valence-corrected chi connectivity index (χ2v) is 6.95. The summed E-state index contributed by atoms with van der Waals surface area (Å²) in [4.78, 5) is 24.7. The van der Waals surface area contributed by atoms with Crippen molar-refractivity contribution in [2.75, 3.05) is 5.32 Å². The van der Waals surface area contributed by atoms with Gasteiger partial charge in [0.15, 0.2) is 6.10 Å². The maximum absolute atomic E-state index is 12.5. The summed E-state index contributed by atoms with van der Waals surface area (Å²) in [6.07, 6.45) is -0.889. The van der Waals surface area contributed by atoms with Crippen molar-refractivity contribution in [3.63, 3.8) is 0 Å². The largest absolute Gasteiger partial charge is 0.452 e. The number of benzene rings is 2. The van der Waals surface area contributed by atoms with E-state index in [0.29, 0.717) is 5.69 Å². The van der Waals surface area contributed by atoms with E-state index >= 15 is 0 Å². The van der Waals surface area contributed by atoms with Crippen molar-refractivity contribution in [3.05, 3.63) is 64.6 Å². The van der Waals surface area contributed by atoms with Gasteiger partial charge < -0.3 is 10.1 Å². The molecule has 1 amide bonds. The van der Waals surface area contributed by atoms with Crippen LogP contribution in [0.3, 0.4) is 0 Å². The predicted molar refractivity (Wildman–Crippen MR) is 97.8 cm³/mol. The van der Waals surface area contributed by atoms with Crippen LogP contribution in [0, 0.1) is 0 Å². The Kier molecular flexibility index (Phi) is 5.78. The summed E-state index contributed by atoms with van der Waals surface area (Å²) in [6, 6.07) is 16.6. The van der Waals surface area contributed by atoms with Gasteiger partial charge in [0.05, 0.1) is 5.41 Å². The van der Waals surface area contributed by atoms with Crippen molar-refractivity contribution >= 4 is 33.5 Å². The van der Waals surface area contributed by atoms with Gasteiger partial charge in [0.25, 0.3) is 5.91 Å². The van der Waals surface area contributed by atoms with Crippen LogP contribution in [0.1, 0.15) is 26.3 Å². The number of rotatable bonds is 5. The first-order valence-corrected chi connectivity index (χ1v) is 8.43. The van der Waals surface area contributed by atoms with Gasteiger partial charge in [-0.1, -0.05) is 52.3 Å². The Bertz CT molecular complexity index is 728. The molecule has 0 saturated heterocycles. The molecule has 0 fully saturated rings. The molecule has 1 atom stereocenters. The maximum atomic E-state index is 12.5. The normalized spacial score (nSPS) is 12.3. The minimum Gasteiger partial charge on any atom is -0.452 e. The summed E-state index contributed by atoms with van der Waals surface area (Å²) in [5, 5.41) is 2.73. The molecular formula is C19H20BrNO3. The highest BCUT2D eigenvalue weighted by atomic mass is 79.9. The summed E-state index contributed by atoms with van der Waals surface area (Å²) < 4.78 is 6.23. The molecule has 126 valence electrons. The molecule has 0 aliphatic rings. The van der Waals surface area contributed by atoms with E-state index < -0.39 is 17.5 Å². The Hall–Kier alpha value is -2.14. The SMILES string of the molecule is C[C@@H](OC(=O)C(C)(C)c1ccccc1)C(=O)Nc1cccc(Br)c1. The number of hydrogen-bond acceptors (Lipinski definition) is 3. The molecule has 0 spiro atoms. The Morgan fingerprint density at radius 2 is 1.75 bits per heavy atom. The number of amides is 1. The minimum absolute atomic E-state index is 0.370. The third-order valence-electron chi connectivity index (χ3n) is 3.75. The number of anilines is 1. The average Bonchev–Trinajstić information content (AvgIpc) is 2.55. The average molecular weight is 390 g/mol. The lowest BCUT2D eigenvalue weighted by Gasteiger charge is -2.25. The fourth-order valence-electron chi connectivity index (χ4n) is 2.14. The third kappa shape index (κ3) is 4.45. The lowest BCUT2D eigenvalue weighted by Crippen LogP contribution is -2.37. The van der Waals surface area contributed by atoms with E-state index in [2.05, 4.69) is 21.2 Å². The van der Waals surface area contributed by atoms with Gasteiger partial charge in [0.1, 0.15) is 0 Å². The van der Waals surface area contributed by atoms with Crippen LogP contribution in [-0.4, -0.2) is 18.0 Å². The van der Waals surface area contributed by atoms with Crippen molar-refractivity contribution in [1.82, 2.24) is 0 Å². The van der Waals surface area contributed by atoms with E-state index in [1.807, 2.05) is 42.5 Å². The molecule has 4 nitrogen and oxygen atoms in total. The number of carbonyl (C=O) groups excluding carboxylic acids is 2. The third-order valence-corrected chi connectivity index (χ3v) is 4.24. The van der Waals surface area contributed by atoms with Crippen LogP contribution in [0.4, 0.5) is 5.69 Å². The van der Waals surface area contributed by atoms with Gasteiger partial charge in [-0.05, 0) is 44.5 Å². The summed E-state index contributed by atoms with van der Waals surface area (Å²) in [7, 11) is 0. The first-order valence-electron chi connectivity index (χ1n) is 7.64. The molecule has 0 aliphatic heterocycles. The number of carbonyl (C=O) groups is 2. The minimum atomic E-state index is -0.889. The van der Waals surface area contributed by atoms with E-state index in [9.17, 15) is 9.59 Å². The molecular weight excluding hydrogens is 370 g/mol. The molecule has 0 unspecified atom stereocenters. The van der Waals surface area contributed by atoms with Crippen molar-refractivity contribution in [2.45, 2.75) is 32.3 Å². The molecule has 0 aromatic heterocycles. The van der Waals surface area contributed by atoms with Crippen molar-refractivity contribution in [1.29, 1.82) is 0 Å². The Morgan fingerprint density at radius 1 is 1.08 bits per heavy atom. The summed E-state index contributed by atoms with van der Waals surface area (Å²) >= 11 is 3.34. The highest BCUT2D eigenvalue weighted by molar-refractivity contribution is 9.10. The van der Waals surface area contributed by atoms with Crippen LogP contribution in [0.25, 0.3) is 0 Å². The van der Waals surface area contributed by atoms with Crippen LogP contribution in [0.5, 0.6) is 0 Å². The van der Waals surface area contributed by atoms with Crippen LogP contribution in [-0.2, 0) is 19.7 Å². The van der Waals surface area contributed by atoms with Gasteiger partial charge >= 0.3 is 5.97 Å². The van der Waals surface area contributed by atoms with E-state index in [0.717, 1.165) is 10.0 Å². The van der Waals surface area contributed by atoms with Gasteiger partial charge in [0.2, 0.25) is 0 Å². The molecule has 24 heavy (non-hydrogen) atoms. The van der Waals surface area contributed by atoms with Gasteiger partial charge in [-0.3, -0.25) is 9.59 Å². The molecule has 2 aromatic rings. The first kappa shape index (κ1) is 18.2. The molecule has 2 aromatic carbocycles. The Balaban J connectivity index is 2.01. The number of halogens is 1. The molecule has 0 saturated carbocycles. The van der Waals surface area contributed by atoms with Crippen LogP contribution < -0.4 is 5.32 Å². The first-order chi connectivity index (χ1) is 11.3. The number of ether oxygens (including phenoxy) is 1. The van der Waals surface area contributed by atoms with Gasteiger partial charge in [0, 0.05) is 10.2 Å². The molecule has 0 aliphatic carbocycles. The standard InChI is InChI=1S/C19H20BrNO3/c1-13(17(22)21-16-11-7-10-15(20)12-16)24-18(23)19(2,3)14-8-5-4-6-9-14/h4-13H,1-3H3,(H,21,22)/t13-/m1/s1. The van der Waals surface area contributed by atoms with E-state index in [1.165, 1.54) is 0 Å². The zero-order chi connectivity index (χ0) is 17.7. The number of hydrogen-bond donors (Lipinski definition) is 1. The molecule has 0 heterocycles. The monoisotopic (exact) mass is 389 g/mol. The highest BCUT2D eigenvalue weighted by Gasteiger charge is 2.33. The van der Waals surface area contributed by atoms with Crippen LogP contribution in [0.2, 0.25) is 0 Å². The van der Waals surface area contributed by atoms with E-state index in [-0.39, 0.29) is 5.91 Å². The van der Waals surface area contributed by atoms with E-state index in [4.69, 9.17) is 4.74 Å². The molecule has 0 bridgehead atoms. The Labute approximate surface area is 150 Å². The van der Waals surface area contributed by atoms with Gasteiger partial charge in [-0.15, -0.1) is 0 Å². The molecule has 2 rings (SSSR count). The zero-order valence-corrected chi connectivity index (χ0v) is 15.5. The predicted octanol–water partition coefficient (Wildman–Crippen LogP) is 4.30. The second-order valence-electron chi connectivity index (χ2n) is 6.04. The topological polar surface area (TPSA) is 55.4 Å². The summed E-state index contributed by atoms with van der Waals surface area (Å²) in [6.45, 7) is 5.12. The van der Waals surface area contributed by atoms with Gasteiger partial charge in [-0.2, -0.15) is 0 Å². The van der Waals surface area contributed by atoms with Crippen LogP contribution in [0.15, 0.2) is 59.1 Å². The van der Waals surface area contributed by atoms with E-state index in [1.54, 1.807) is 32.9 Å². The summed E-state index contributed by atoms with van der Waals surface area (Å²) in [5.74, 6) is -0.809. The number of nitrogens with one attached hydrogen (secondary N) is 1. The zero-order valence-electron chi connectivity index (χ0n) is 13.9. The molecule has 5 heteroatoms.